The summed E-state index contributed by atoms with van der Waals surface area (Å²) in [6.07, 6.45) is 8.31. The van der Waals surface area contributed by atoms with Crippen LogP contribution in [-0.4, -0.2) is 31.9 Å². The zero-order valence-corrected chi connectivity index (χ0v) is 21.5. The number of anilines is 1. The molecule has 0 saturated carbocycles. The lowest BCUT2D eigenvalue weighted by Crippen LogP contribution is -3.00. The van der Waals surface area contributed by atoms with Crippen molar-refractivity contribution in [2.24, 2.45) is 0 Å². The fourth-order valence-corrected chi connectivity index (χ4v) is 5.10. The fraction of sp³-hybridized carbons (Fsp3) is 0.296. The van der Waals surface area contributed by atoms with Crippen molar-refractivity contribution in [2.75, 3.05) is 19.0 Å². The molecule has 0 bridgehead atoms. The van der Waals surface area contributed by atoms with Gasteiger partial charge in [0.05, 0.1) is 5.41 Å². The van der Waals surface area contributed by atoms with Crippen LogP contribution in [0.1, 0.15) is 38.8 Å². The molecule has 0 N–H and O–H groups in total. The van der Waals surface area contributed by atoms with Gasteiger partial charge in [-0.25, -0.2) is 0 Å². The Bertz CT molecular complexity index is 1200. The highest BCUT2D eigenvalue weighted by molar-refractivity contribution is 6.33. The van der Waals surface area contributed by atoms with E-state index >= 15 is 0 Å². The maximum atomic E-state index is 9.67. The van der Waals surface area contributed by atoms with Gasteiger partial charge in [-0.15, -0.1) is 0 Å². The number of rotatable bonds is 3. The van der Waals surface area contributed by atoms with Crippen molar-refractivity contribution < 1.29 is 22.2 Å². The van der Waals surface area contributed by atoms with E-state index in [2.05, 4.69) is 112 Å². The van der Waals surface area contributed by atoms with E-state index in [4.69, 9.17) is 11.6 Å². The highest BCUT2D eigenvalue weighted by Gasteiger charge is 2.42. The Morgan fingerprint density at radius 3 is 2.06 bits per heavy atom. The van der Waals surface area contributed by atoms with Crippen LogP contribution < -0.4 is 9.60 Å². The van der Waals surface area contributed by atoms with Crippen LogP contribution >= 0.6 is 11.6 Å². The largest absolute Gasteiger partial charge is 1.00 e. The number of hydrogen-bond donors (Lipinski definition) is 0. The van der Waals surface area contributed by atoms with Crippen molar-refractivity contribution >= 4 is 36.2 Å². The molecule has 2 nitrogen and oxygen atoms in total. The summed E-state index contributed by atoms with van der Waals surface area (Å²) in [7, 11) is 0.583. The van der Waals surface area contributed by atoms with Gasteiger partial charge < -0.3 is 9.60 Å². The van der Waals surface area contributed by atoms with Gasteiger partial charge in [0.15, 0.2) is 5.71 Å². The van der Waals surface area contributed by atoms with E-state index in [1.54, 1.807) is 0 Å². The van der Waals surface area contributed by atoms with Crippen molar-refractivity contribution in [1.82, 2.24) is 0 Å². The van der Waals surface area contributed by atoms with Crippen molar-refractivity contribution in [3.8, 4) is 0 Å². The van der Waals surface area contributed by atoms with Crippen molar-refractivity contribution in [3.05, 3.63) is 94.7 Å². The summed E-state index contributed by atoms with van der Waals surface area (Å²) in [5.74, 6) is 0. The van der Waals surface area contributed by atoms with Gasteiger partial charge in [0.25, 0.3) is 0 Å². The van der Waals surface area contributed by atoms with Gasteiger partial charge in [-0.05, 0) is 43.7 Å². The second-order valence-electron chi connectivity index (χ2n) is 9.47. The van der Waals surface area contributed by atoms with Gasteiger partial charge in [0.1, 0.15) is 7.05 Å². The molecule has 2 aromatic carbocycles. The van der Waals surface area contributed by atoms with Gasteiger partial charge in [0.2, 0.25) is 5.69 Å². The van der Waals surface area contributed by atoms with Crippen LogP contribution in [0.25, 0.3) is 0 Å². The van der Waals surface area contributed by atoms with Crippen LogP contribution in [0.5, 0.6) is 0 Å². The van der Waals surface area contributed by atoms with Crippen molar-refractivity contribution in [2.45, 2.75) is 38.5 Å². The number of nitrogens with zero attached hydrogens (tertiary/aromatic N) is 2. The maximum absolute atomic E-state index is 9.67. The number of fused-ring (bicyclic) bond motifs is 2. The van der Waals surface area contributed by atoms with Gasteiger partial charge in [-0.3, -0.25) is 12.9 Å². The summed E-state index contributed by atoms with van der Waals surface area (Å²) < 4.78 is 31.3. The third kappa shape index (κ3) is 5.56. The Labute approximate surface area is 210 Å². The summed E-state index contributed by atoms with van der Waals surface area (Å²) in [6, 6.07) is 17.2. The number of allylic oxidation sites excluding steroid dienone is 6. The zero-order valence-electron chi connectivity index (χ0n) is 20.8. The monoisotopic (exact) mass is 504 g/mol. The Morgan fingerprint density at radius 2 is 1.49 bits per heavy atom. The summed E-state index contributed by atoms with van der Waals surface area (Å²) in [4.78, 5) is 2.26. The second-order valence-corrected chi connectivity index (χ2v) is 9.91. The Hall–Kier alpha value is -2.80. The molecular formula is C27H30BClF4N2. The summed E-state index contributed by atoms with van der Waals surface area (Å²) in [5.41, 5.74) is 7.61. The lowest BCUT2D eigenvalue weighted by molar-refractivity contribution is -0.401. The van der Waals surface area contributed by atoms with Gasteiger partial charge in [-0.1, -0.05) is 61.8 Å². The Balaban J connectivity index is 0.000000804. The summed E-state index contributed by atoms with van der Waals surface area (Å²) in [5, 5.41) is 0.718. The Kier molecular flexibility index (Phi) is 8.82. The number of halogens is 5. The normalized spacial score (nSPS) is 18.7. The molecule has 0 aliphatic carbocycles. The fourth-order valence-electron chi connectivity index (χ4n) is 4.98. The number of hydrogen-bond acceptors (Lipinski definition) is 1. The molecule has 0 atom stereocenters. The molecule has 0 fully saturated rings. The number of para-hydroxylation sites is 2. The number of benzene rings is 2. The zero-order chi connectivity index (χ0) is 25.3. The number of likely N-dealkylation sites (N-methyl/N-ethyl adjacent to an activating group) is 1. The summed E-state index contributed by atoms with van der Waals surface area (Å²) in [6.45, 7) is 9.06. The third-order valence-corrected chi connectivity index (χ3v) is 6.93. The second kappa shape index (κ2) is 10.9. The van der Waals surface area contributed by atoms with Crippen LogP contribution in [0, 0.1) is 0 Å². The molecule has 0 radical (unpaired) electrons. The van der Waals surface area contributed by atoms with E-state index in [9.17, 15) is 12.9 Å². The van der Waals surface area contributed by atoms with Crippen LogP contribution in [0.3, 0.4) is 0 Å². The van der Waals surface area contributed by atoms with E-state index in [1.807, 2.05) is 12.2 Å². The molecule has 2 heterocycles. The molecule has 2 aliphatic rings. The first kappa shape index (κ1) is 28.4. The molecule has 0 aromatic heterocycles. The molecular weight excluding hydrogens is 475 g/mol. The van der Waals surface area contributed by atoms with E-state index in [-0.39, 0.29) is 15.5 Å². The third-order valence-electron chi connectivity index (χ3n) is 6.68. The quantitative estimate of drug-likeness (QED) is 0.257. The Morgan fingerprint density at radius 1 is 0.943 bits per heavy atom. The highest BCUT2D eigenvalue weighted by atomic mass is 35.5. The molecule has 2 aromatic rings. The van der Waals surface area contributed by atoms with Crippen LogP contribution in [0.4, 0.5) is 24.3 Å². The van der Waals surface area contributed by atoms with Gasteiger partial charge >= 0.3 is 7.54 Å². The van der Waals surface area contributed by atoms with Crippen LogP contribution in [-0.2, 0) is 10.8 Å². The molecule has 0 spiro atoms. The topological polar surface area (TPSA) is 6.25 Å². The molecule has 35 heavy (non-hydrogen) atoms. The van der Waals surface area contributed by atoms with Gasteiger partial charge in [0, 0.05) is 46.6 Å². The minimum absolute atomic E-state index is 0. The van der Waals surface area contributed by atoms with E-state index in [0.29, 0.717) is 0 Å². The minimum Gasteiger partial charge on any atom is -1.00 e. The predicted octanol–water partition coefficient (Wildman–Crippen LogP) is 4.57. The predicted molar refractivity (Wildman–Crippen MR) is 138 cm³/mol. The van der Waals surface area contributed by atoms with Gasteiger partial charge in [-0.2, -0.15) is 4.58 Å². The summed E-state index contributed by atoms with van der Waals surface area (Å²) >= 11 is 6.62. The average Bonchev–Trinajstić information content (AvgIpc) is 3.09. The molecule has 0 amide bonds. The lowest BCUT2D eigenvalue weighted by Gasteiger charge is -2.23. The van der Waals surface area contributed by atoms with Crippen LogP contribution in [0.2, 0.25) is 0 Å². The van der Waals surface area contributed by atoms with E-state index in [1.165, 1.54) is 33.9 Å². The maximum Gasteiger partial charge on any atom is 0.762 e. The minimum atomic E-state index is -3.67. The smallest absolute Gasteiger partial charge is 0.762 e. The molecule has 8 heteroatoms. The van der Waals surface area contributed by atoms with Crippen LogP contribution in [0.15, 0.2) is 83.6 Å². The molecule has 186 valence electrons. The first-order valence-electron chi connectivity index (χ1n) is 11.1. The lowest BCUT2D eigenvalue weighted by atomic mass is 9.81. The van der Waals surface area contributed by atoms with E-state index < -0.39 is 7.54 Å². The molecule has 0 saturated heterocycles. The SMILES string of the molecule is CN1C(=CC=C(Cl)C=CC2=[N+](C)c3ccccc3C2(C)C)C(C)(C)c2ccccc21.FB(F)F.[F-]. The van der Waals surface area contributed by atoms with Crippen molar-refractivity contribution in [1.29, 1.82) is 0 Å². The first-order valence-corrected chi connectivity index (χ1v) is 11.5. The average molecular weight is 505 g/mol. The molecule has 2 aliphatic heterocycles. The first-order chi connectivity index (χ1) is 15.9. The standard InChI is InChI=1S/C27H30ClN2.BF3.FH/c1-26(2)20-11-7-9-13-22(20)29(5)24(26)17-15-19(28)16-18-25-27(3,4)21-12-8-10-14-23(21)30(25)6;2-1(3)4;/h7-18H,1-6H3;;1H/q+1;;/p-1. The molecule has 4 rings (SSSR count). The van der Waals surface area contributed by atoms with E-state index in [0.717, 1.165) is 5.03 Å². The molecule has 0 unspecified atom stereocenters. The van der Waals surface area contributed by atoms with Crippen molar-refractivity contribution in [3.63, 3.8) is 0 Å². The highest BCUT2D eigenvalue weighted by Crippen LogP contribution is 2.46.